The Labute approximate surface area is 101 Å². The Balaban J connectivity index is 2.07. The van der Waals surface area contributed by atoms with Crippen LogP contribution in [0.5, 0.6) is 0 Å². The normalized spacial score (nSPS) is 21.3. The van der Waals surface area contributed by atoms with Crippen molar-refractivity contribution in [3.63, 3.8) is 0 Å². The van der Waals surface area contributed by atoms with E-state index in [0.29, 0.717) is 37.8 Å². The van der Waals surface area contributed by atoms with Crippen molar-refractivity contribution in [2.24, 2.45) is 5.73 Å². The minimum atomic E-state index is -0.0814. The van der Waals surface area contributed by atoms with Crippen LogP contribution in [0.25, 0.3) is 0 Å². The van der Waals surface area contributed by atoms with E-state index in [0.717, 1.165) is 6.42 Å². The summed E-state index contributed by atoms with van der Waals surface area (Å²) in [5.74, 6) is 0.911. The highest BCUT2D eigenvalue weighted by Gasteiger charge is 2.23. The molecule has 0 radical (unpaired) electrons. The Kier molecular flexibility index (Phi) is 3.81. The van der Waals surface area contributed by atoms with Crippen molar-refractivity contribution in [1.29, 1.82) is 0 Å². The van der Waals surface area contributed by atoms with Crippen LogP contribution in [0, 0.1) is 0 Å². The number of furan rings is 1. The SMILES string of the molecule is CC1CN(C(=O)c2ccc(CN)o2)CCCO1. The molecule has 1 aliphatic rings. The molecular formula is C12H18N2O3. The monoisotopic (exact) mass is 238 g/mol. The lowest BCUT2D eigenvalue weighted by atomic mass is 10.3. The van der Waals surface area contributed by atoms with Gasteiger partial charge in [0, 0.05) is 19.7 Å². The molecule has 1 atom stereocenters. The minimum Gasteiger partial charge on any atom is -0.455 e. The first kappa shape index (κ1) is 12.1. The second-order valence-corrected chi connectivity index (χ2v) is 4.26. The lowest BCUT2D eigenvalue weighted by Gasteiger charge is -2.20. The molecule has 1 saturated heterocycles. The Morgan fingerprint density at radius 2 is 2.41 bits per heavy atom. The highest BCUT2D eigenvalue weighted by Crippen LogP contribution is 2.13. The first-order chi connectivity index (χ1) is 8.20. The molecule has 0 aliphatic carbocycles. The fourth-order valence-electron chi connectivity index (χ4n) is 1.94. The van der Waals surface area contributed by atoms with Gasteiger partial charge in [-0.2, -0.15) is 0 Å². The summed E-state index contributed by atoms with van der Waals surface area (Å²) in [6.07, 6.45) is 0.936. The number of nitrogens with zero attached hydrogens (tertiary/aromatic N) is 1. The predicted molar refractivity (Wildman–Crippen MR) is 62.5 cm³/mol. The molecule has 5 nitrogen and oxygen atoms in total. The molecule has 1 aliphatic heterocycles. The Hall–Kier alpha value is -1.33. The summed E-state index contributed by atoms with van der Waals surface area (Å²) in [7, 11) is 0. The number of hydrogen-bond acceptors (Lipinski definition) is 4. The van der Waals surface area contributed by atoms with Crippen LogP contribution in [-0.4, -0.2) is 36.6 Å². The van der Waals surface area contributed by atoms with Crippen molar-refractivity contribution in [1.82, 2.24) is 4.90 Å². The van der Waals surface area contributed by atoms with E-state index in [2.05, 4.69) is 0 Å². The van der Waals surface area contributed by atoms with Gasteiger partial charge in [0.2, 0.25) is 0 Å². The Morgan fingerprint density at radius 3 is 3.12 bits per heavy atom. The van der Waals surface area contributed by atoms with Crippen molar-refractivity contribution >= 4 is 5.91 Å². The Morgan fingerprint density at radius 1 is 1.59 bits per heavy atom. The van der Waals surface area contributed by atoms with Gasteiger partial charge in [-0.25, -0.2) is 0 Å². The molecule has 0 bridgehead atoms. The lowest BCUT2D eigenvalue weighted by Crippen LogP contribution is -2.35. The number of carbonyl (C=O) groups excluding carboxylic acids is 1. The van der Waals surface area contributed by atoms with Crippen LogP contribution >= 0.6 is 0 Å². The fraction of sp³-hybridized carbons (Fsp3) is 0.583. The summed E-state index contributed by atoms with van der Waals surface area (Å²) in [5, 5.41) is 0. The summed E-state index contributed by atoms with van der Waals surface area (Å²) in [5.41, 5.74) is 5.45. The second kappa shape index (κ2) is 5.33. The lowest BCUT2D eigenvalue weighted by molar-refractivity contribution is 0.0543. The zero-order valence-electron chi connectivity index (χ0n) is 10.0. The maximum absolute atomic E-state index is 12.2. The van der Waals surface area contributed by atoms with E-state index >= 15 is 0 Å². The molecule has 5 heteroatoms. The van der Waals surface area contributed by atoms with E-state index in [1.807, 2.05) is 6.92 Å². The van der Waals surface area contributed by atoms with Gasteiger partial charge in [-0.1, -0.05) is 0 Å². The van der Waals surface area contributed by atoms with E-state index in [1.54, 1.807) is 17.0 Å². The third-order valence-electron chi connectivity index (χ3n) is 2.81. The van der Waals surface area contributed by atoms with Crippen LogP contribution in [0.1, 0.15) is 29.7 Å². The van der Waals surface area contributed by atoms with Crippen LogP contribution in [0.15, 0.2) is 16.5 Å². The van der Waals surface area contributed by atoms with Crippen molar-refractivity contribution < 1.29 is 13.9 Å². The quantitative estimate of drug-likeness (QED) is 0.834. The molecule has 17 heavy (non-hydrogen) atoms. The molecule has 1 aromatic heterocycles. The third kappa shape index (κ3) is 2.87. The van der Waals surface area contributed by atoms with Crippen molar-refractivity contribution in [2.45, 2.75) is 26.0 Å². The van der Waals surface area contributed by atoms with Crippen molar-refractivity contribution in [3.8, 4) is 0 Å². The second-order valence-electron chi connectivity index (χ2n) is 4.26. The summed E-state index contributed by atoms with van der Waals surface area (Å²) >= 11 is 0. The van der Waals surface area contributed by atoms with Crippen LogP contribution in [-0.2, 0) is 11.3 Å². The molecule has 2 rings (SSSR count). The van der Waals surface area contributed by atoms with Crippen molar-refractivity contribution in [3.05, 3.63) is 23.7 Å². The van der Waals surface area contributed by atoms with Crippen LogP contribution in [0.4, 0.5) is 0 Å². The molecular weight excluding hydrogens is 220 g/mol. The van der Waals surface area contributed by atoms with Crippen molar-refractivity contribution in [2.75, 3.05) is 19.7 Å². The van der Waals surface area contributed by atoms with Crippen LogP contribution in [0.2, 0.25) is 0 Å². The summed E-state index contributed by atoms with van der Waals surface area (Å²) < 4.78 is 10.9. The highest BCUT2D eigenvalue weighted by molar-refractivity contribution is 5.91. The first-order valence-electron chi connectivity index (χ1n) is 5.90. The summed E-state index contributed by atoms with van der Waals surface area (Å²) in [6.45, 7) is 4.31. The van der Waals surface area contributed by atoms with E-state index in [-0.39, 0.29) is 12.0 Å². The van der Waals surface area contributed by atoms with Gasteiger partial charge >= 0.3 is 0 Å². The van der Waals surface area contributed by atoms with Crippen LogP contribution < -0.4 is 5.73 Å². The zero-order valence-corrected chi connectivity index (χ0v) is 10.0. The summed E-state index contributed by atoms with van der Waals surface area (Å²) in [4.78, 5) is 13.9. The van der Waals surface area contributed by atoms with Gasteiger partial charge < -0.3 is 19.8 Å². The third-order valence-corrected chi connectivity index (χ3v) is 2.81. The first-order valence-corrected chi connectivity index (χ1v) is 5.90. The average Bonchev–Trinajstić information content (AvgIpc) is 2.71. The number of rotatable bonds is 2. The maximum Gasteiger partial charge on any atom is 0.289 e. The number of hydrogen-bond donors (Lipinski definition) is 1. The molecule has 0 spiro atoms. The molecule has 1 fully saturated rings. The fourth-order valence-corrected chi connectivity index (χ4v) is 1.94. The largest absolute Gasteiger partial charge is 0.455 e. The number of ether oxygens (including phenoxy) is 1. The molecule has 1 amide bonds. The summed E-state index contributed by atoms with van der Waals surface area (Å²) in [6, 6.07) is 3.42. The van der Waals surface area contributed by atoms with E-state index in [1.165, 1.54) is 0 Å². The molecule has 1 unspecified atom stereocenters. The van der Waals surface area contributed by atoms with E-state index < -0.39 is 0 Å². The van der Waals surface area contributed by atoms with Gasteiger partial charge in [-0.05, 0) is 25.5 Å². The smallest absolute Gasteiger partial charge is 0.289 e. The van der Waals surface area contributed by atoms with Gasteiger partial charge in [0.1, 0.15) is 5.76 Å². The molecule has 0 aromatic carbocycles. The molecule has 2 heterocycles. The number of carbonyl (C=O) groups is 1. The predicted octanol–water partition coefficient (Wildman–Crippen LogP) is 0.989. The maximum atomic E-state index is 12.2. The number of nitrogens with two attached hydrogens (primary N) is 1. The van der Waals surface area contributed by atoms with Gasteiger partial charge in [0.05, 0.1) is 12.6 Å². The van der Waals surface area contributed by atoms with Gasteiger partial charge in [0.15, 0.2) is 5.76 Å². The highest BCUT2D eigenvalue weighted by atomic mass is 16.5. The Bertz CT molecular complexity index is 389. The van der Waals surface area contributed by atoms with Gasteiger partial charge in [-0.15, -0.1) is 0 Å². The molecule has 0 saturated carbocycles. The molecule has 1 aromatic rings. The molecule has 2 N–H and O–H groups in total. The van der Waals surface area contributed by atoms with E-state index in [9.17, 15) is 4.79 Å². The van der Waals surface area contributed by atoms with Gasteiger partial charge in [-0.3, -0.25) is 4.79 Å². The standard InChI is InChI=1S/C12H18N2O3/c1-9-8-14(5-2-6-16-9)12(15)11-4-3-10(7-13)17-11/h3-4,9H,2,5-8,13H2,1H3. The van der Waals surface area contributed by atoms with E-state index in [4.69, 9.17) is 14.9 Å². The molecule has 94 valence electrons. The van der Waals surface area contributed by atoms with Gasteiger partial charge in [0.25, 0.3) is 5.91 Å². The van der Waals surface area contributed by atoms with Crippen LogP contribution in [0.3, 0.4) is 0 Å². The minimum absolute atomic E-state index is 0.0744. The number of amides is 1. The average molecular weight is 238 g/mol. The zero-order chi connectivity index (χ0) is 12.3. The topological polar surface area (TPSA) is 68.7 Å².